The highest BCUT2D eigenvalue weighted by molar-refractivity contribution is 5.86. The smallest absolute Gasteiger partial charge is 0.118 e. The van der Waals surface area contributed by atoms with E-state index in [1.165, 1.54) is 27.8 Å². The summed E-state index contributed by atoms with van der Waals surface area (Å²) in [4.78, 5) is 14.8. The molecule has 0 N–H and O–H groups in total. The molecule has 4 aromatic rings. The molecule has 0 spiro atoms. The molecular weight excluding hydrogens is 370 g/mol. The van der Waals surface area contributed by atoms with Gasteiger partial charge in [-0.2, -0.15) is 0 Å². The molecule has 30 heavy (non-hydrogen) atoms. The minimum Gasteiger partial charge on any atom is -0.497 e. The van der Waals surface area contributed by atoms with E-state index in [0.29, 0.717) is 0 Å². The van der Waals surface area contributed by atoms with Crippen molar-refractivity contribution in [2.45, 2.75) is 25.7 Å². The molecule has 0 aliphatic heterocycles. The van der Waals surface area contributed by atoms with Crippen LogP contribution in [0.25, 0.3) is 33.9 Å². The number of methoxy groups -OCH3 is 1. The average Bonchev–Trinajstić information content (AvgIpc) is 2.83. The van der Waals surface area contributed by atoms with Gasteiger partial charge in [-0.25, -0.2) is 4.98 Å². The van der Waals surface area contributed by atoms with E-state index in [2.05, 4.69) is 24.3 Å². The highest BCUT2D eigenvalue weighted by Crippen LogP contribution is 2.45. The van der Waals surface area contributed by atoms with Crippen LogP contribution in [0.3, 0.4) is 0 Å². The number of nitrogens with zero attached hydrogens (tertiary/aromatic N) is 3. The van der Waals surface area contributed by atoms with Crippen molar-refractivity contribution >= 4 is 0 Å². The number of fused-ring (bicyclic) bond motifs is 7. The highest BCUT2D eigenvalue weighted by Gasteiger charge is 2.30. The fraction of sp³-hybridized carbons (Fsp3) is 0.192. The lowest BCUT2D eigenvalue weighted by atomic mass is 9.79. The first-order valence-electron chi connectivity index (χ1n) is 10.4. The van der Waals surface area contributed by atoms with Crippen molar-refractivity contribution in [3.63, 3.8) is 0 Å². The summed E-state index contributed by atoms with van der Waals surface area (Å²) in [6, 6.07) is 16.6. The van der Waals surface area contributed by atoms with Crippen LogP contribution in [0.2, 0.25) is 0 Å². The fourth-order valence-electron chi connectivity index (χ4n) is 4.86. The average molecular weight is 391 g/mol. The Morgan fingerprint density at radius 1 is 0.667 bits per heavy atom. The highest BCUT2D eigenvalue weighted by atomic mass is 16.5. The Kier molecular flexibility index (Phi) is 3.91. The van der Waals surface area contributed by atoms with Gasteiger partial charge >= 0.3 is 0 Å². The first-order valence-corrected chi connectivity index (χ1v) is 10.4. The third-order valence-corrected chi connectivity index (χ3v) is 6.29. The molecule has 6 rings (SSSR count). The summed E-state index contributed by atoms with van der Waals surface area (Å²) < 4.78 is 5.36. The van der Waals surface area contributed by atoms with Gasteiger partial charge in [-0.3, -0.25) is 9.97 Å². The van der Waals surface area contributed by atoms with E-state index in [0.717, 1.165) is 59.8 Å². The maximum absolute atomic E-state index is 5.36. The van der Waals surface area contributed by atoms with Crippen LogP contribution >= 0.6 is 0 Å². The maximum atomic E-state index is 5.36. The zero-order chi connectivity index (χ0) is 20.1. The van der Waals surface area contributed by atoms with Crippen LogP contribution in [-0.2, 0) is 25.7 Å². The number of aromatic nitrogens is 3. The van der Waals surface area contributed by atoms with Crippen LogP contribution in [0.15, 0.2) is 60.9 Å². The Morgan fingerprint density at radius 2 is 1.30 bits per heavy atom. The molecule has 146 valence electrons. The molecule has 0 saturated carbocycles. The van der Waals surface area contributed by atoms with Gasteiger partial charge in [0.25, 0.3) is 0 Å². The van der Waals surface area contributed by atoms with E-state index in [1.54, 1.807) is 7.11 Å². The minimum atomic E-state index is 0.851. The summed E-state index contributed by atoms with van der Waals surface area (Å²) in [6.07, 6.45) is 7.72. The Hall–Kier alpha value is -3.53. The standard InChI is InChI=1S/C26H21N3O/c1-30-19-10-6-18(7-11-19)23-20-12-8-16-4-2-14-27-24(16)22(20)21-13-9-17-5-3-15-28-25(17)26(21)29-23/h2-7,10-11,14-15H,8-9,12-13H2,1H3. The number of hydrogen-bond donors (Lipinski definition) is 0. The number of hydrogen-bond acceptors (Lipinski definition) is 4. The molecule has 0 radical (unpaired) electrons. The molecule has 2 aliphatic rings. The second kappa shape index (κ2) is 6.77. The van der Waals surface area contributed by atoms with E-state index in [4.69, 9.17) is 19.7 Å². The molecule has 2 aliphatic carbocycles. The molecule has 0 bridgehead atoms. The lowest BCUT2D eigenvalue weighted by Gasteiger charge is -2.28. The predicted octanol–water partition coefficient (Wildman–Crippen LogP) is 5.08. The second-order valence-electron chi connectivity index (χ2n) is 7.89. The number of pyridine rings is 3. The lowest BCUT2D eigenvalue weighted by Crippen LogP contribution is -2.16. The van der Waals surface area contributed by atoms with Gasteiger partial charge in [0.05, 0.1) is 29.9 Å². The third-order valence-electron chi connectivity index (χ3n) is 6.29. The van der Waals surface area contributed by atoms with Crippen molar-refractivity contribution < 1.29 is 4.74 Å². The normalized spacial score (nSPS) is 13.6. The molecule has 0 atom stereocenters. The van der Waals surface area contributed by atoms with Gasteiger partial charge in [-0.15, -0.1) is 0 Å². The Balaban J connectivity index is 1.68. The van der Waals surface area contributed by atoms with Gasteiger partial charge < -0.3 is 4.74 Å². The largest absolute Gasteiger partial charge is 0.497 e. The first-order chi connectivity index (χ1) is 14.8. The summed E-state index contributed by atoms with van der Waals surface area (Å²) in [7, 11) is 1.69. The Labute approximate surface area is 175 Å². The van der Waals surface area contributed by atoms with Crippen molar-refractivity contribution in [2.75, 3.05) is 7.11 Å². The second-order valence-corrected chi connectivity index (χ2v) is 7.89. The van der Waals surface area contributed by atoms with Gasteiger partial charge in [0, 0.05) is 23.5 Å². The van der Waals surface area contributed by atoms with Gasteiger partial charge in [0.1, 0.15) is 5.75 Å². The van der Waals surface area contributed by atoms with E-state index in [1.807, 2.05) is 36.7 Å². The predicted molar refractivity (Wildman–Crippen MR) is 118 cm³/mol. The zero-order valence-corrected chi connectivity index (χ0v) is 16.9. The van der Waals surface area contributed by atoms with Crippen LogP contribution in [0.4, 0.5) is 0 Å². The lowest BCUT2D eigenvalue weighted by molar-refractivity contribution is 0.415. The maximum Gasteiger partial charge on any atom is 0.118 e. The summed E-state index contributed by atoms with van der Waals surface area (Å²) in [6.45, 7) is 0. The number of aryl methyl sites for hydroxylation is 2. The quantitative estimate of drug-likeness (QED) is 0.478. The van der Waals surface area contributed by atoms with E-state index in [-0.39, 0.29) is 0 Å². The molecule has 0 saturated heterocycles. The third kappa shape index (κ3) is 2.57. The molecule has 3 aromatic heterocycles. The van der Waals surface area contributed by atoms with Crippen LogP contribution in [0.1, 0.15) is 22.3 Å². The van der Waals surface area contributed by atoms with E-state index < -0.39 is 0 Å². The van der Waals surface area contributed by atoms with E-state index >= 15 is 0 Å². The topological polar surface area (TPSA) is 47.9 Å². The Morgan fingerprint density at radius 3 is 2.00 bits per heavy atom. The van der Waals surface area contributed by atoms with Crippen molar-refractivity contribution in [1.82, 2.24) is 15.0 Å². The summed E-state index contributed by atoms with van der Waals surface area (Å²) >= 11 is 0. The van der Waals surface area contributed by atoms with Gasteiger partial charge in [0.2, 0.25) is 0 Å². The molecule has 1 aromatic carbocycles. The number of ether oxygens (including phenoxy) is 1. The van der Waals surface area contributed by atoms with Crippen LogP contribution in [0, 0.1) is 0 Å². The van der Waals surface area contributed by atoms with Crippen LogP contribution in [-0.4, -0.2) is 22.1 Å². The monoisotopic (exact) mass is 391 g/mol. The van der Waals surface area contributed by atoms with Crippen molar-refractivity contribution in [2.24, 2.45) is 0 Å². The first kappa shape index (κ1) is 17.3. The molecule has 0 unspecified atom stereocenters. The van der Waals surface area contributed by atoms with Gasteiger partial charge in [0.15, 0.2) is 0 Å². The summed E-state index contributed by atoms with van der Waals surface area (Å²) in [5, 5.41) is 0. The summed E-state index contributed by atoms with van der Waals surface area (Å²) in [5.74, 6) is 0.851. The molecule has 0 amide bonds. The molecule has 0 fully saturated rings. The van der Waals surface area contributed by atoms with E-state index in [9.17, 15) is 0 Å². The van der Waals surface area contributed by atoms with Crippen molar-refractivity contribution in [3.8, 4) is 39.7 Å². The number of benzene rings is 1. The molecular formula is C26H21N3O. The van der Waals surface area contributed by atoms with Crippen LogP contribution < -0.4 is 4.74 Å². The molecule has 4 nitrogen and oxygen atoms in total. The fourth-order valence-corrected chi connectivity index (χ4v) is 4.86. The van der Waals surface area contributed by atoms with Crippen LogP contribution in [0.5, 0.6) is 5.75 Å². The molecule has 4 heteroatoms. The van der Waals surface area contributed by atoms with Crippen molar-refractivity contribution in [3.05, 3.63) is 83.2 Å². The zero-order valence-electron chi connectivity index (χ0n) is 16.9. The summed E-state index contributed by atoms with van der Waals surface area (Å²) in [5.41, 5.74) is 11.8. The van der Waals surface area contributed by atoms with Crippen molar-refractivity contribution in [1.29, 1.82) is 0 Å². The minimum absolute atomic E-state index is 0.851. The SMILES string of the molecule is COc1ccc(-c2nc3c(c4c2CCc2cccnc2-4)CCc2cccnc2-3)cc1. The van der Waals surface area contributed by atoms with Gasteiger partial charge in [-0.05, 0) is 84.3 Å². The van der Waals surface area contributed by atoms with Gasteiger partial charge in [-0.1, -0.05) is 12.1 Å². The molecule has 3 heterocycles. The number of rotatable bonds is 2. The Bertz CT molecular complexity index is 1280.